The molecule has 0 saturated heterocycles. The Kier molecular flexibility index (Phi) is 4.63. The molecule has 2 aromatic carbocycles. The van der Waals surface area contributed by atoms with E-state index < -0.39 is 0 Å². The molecular weight excluding hydrogens is 296 g/mol. The van der Waals surface area contributed by atoms with E-state index in [1.165, 1.54) is 0 Å². The second-order valence-corrected chi connectivity index (χ2v) is 5.02. The lowest BCUT2D eigenvalue weighted by Gasteiger charge is -2.08. The van der Waals surface area contributed by atoms with Gasteiger partial charge in [-0.2, -0.15) is 0 Å². The van der Waals surface area contributed by atoms with Gasteiger partial charge in [0.15, 0.2) is 11.5 Å². The van der Waals surface area contributed by atoms with Crippen LogP contribution in [-0.2, 0) is 4.74 Å². The fourth-order valence-electron chi connectivity index (χ4n) is 2.21. The van der Waals surface area contributed by atoms with E-state index >= 15 is 0 Å². The number of anilines is 2. The van der Waals surface area contributed by atoms with Crippen molar-refractivity contribution in [3.05, 3.63) is 48.0 Å². The minimum atomic E-state index is -0.191. The number of fused-ring (bicyclic) bond motifs is 1. The van der Waals surface area contributed by atoms with Gasteiger partial charge in [0.2, 0.25) is 6.79 Å². The Hall–Kier alpha value is -2.73. The van der Waals surface area contributed by atoms with Crippen LogP contribution in [-0.4, -0.2) is 33.0 Å². The van der Waals surface area contributed by atoms with Crippen molar-refractivity contribution in [3.8, 4) is 11.5 Å². The molecule has 6 nitrogen and oxygen atoms in total. The Bertz CT molecular complexity index is 685. The molecule has 0 atom stereocenters. The predicted octanol–water partition coefficient (Wildman–Crippen LogP) is 2.73. The summed E-state index contributed by atoms with van der Waals surface area (Å²) < 4.78 is 15.5. The van der Waals surface area contributed by atoms with Crippen LogP contribution in [0.5, 0.6) is 11.5 Å². The van der Waals surface area contributed by atoms with Crippen LogP contribution in [0, 0.1) is 0 Å². The van der Waals surface area contributed by atoms with Gasteiger partial charge < -0.3 is 24.8 Å². The largest absolute Gasteiger partial charge is 0.454 e. The first kappa shape index (κ1) is 15.2. The highest BCUT2D eigenvalue weighted by Gasteiger charge is 2.16. The monoisotopic (exact) mass is 314 g/mol. The molecule has 1 heterocycles. The molecule has 0 fully saturated rings. The third-order valence-electron chi connectivity index (χ3n) is 3.41. The summed E-state index contributed by atoms with van der Waals surface area (Å²) in [6.45, 7) is 1.57. The number of amides is 1. The quantitative estimate of drug-likeness (QED) is 0.802. The third kappa shape index (κ3) is 3.73. The van der Waals surface area contributed by atoms with E-state index in [1.807, 2.05) is 24.3 Å². The average molecular weight is 314 g/mol. The Morgan fingerprint density at radius 2 is 1.83 bits per heavy atom. The molecule has 120 valence electrons. The predicted molar refractivity (Wildman–Crippen MR) is 87.3 cm³/mol. The van der Waals surface area contributed by atoms with Crippen molar-refractivity contribution < 1.29 is 19.0 Å². The molecule has 0 radical (unpaired) electrons. The summed E-state index contributed by atoms with van der Waals surface area (Å²) >= 11 is 0. The molecule has 0 unspecified atom stereocenters. The summed E-state index contributed by atoms with van der Waals surface area (Å²) in [4.78, 5) is 12.3. The van der Waals surface area contributed by atoms with Crippen LogP contribution >= 0.6 is 0 Å². The summed E-state index contributed by atoms with van der Waals surface area (Å²) in [5.74, 6) is 1.06. The highest BCUT2D eigenvalue weighted by atomic mass is 16.7. The van der Waals surface area contributed by atoms with Crippen LogP contribution < -0.4 is 20.1 Å². The lowest BCUT2D eigenvalue weighted by Crippen LogP contribution is -2.12. The van der Waals surface area contributed by atoms with Crippen LogP contribution in [0.4, 0.5) is 11.4 Å². The molecular formula is C17H18N2O4. The highest BCUT2D eigenvalue weighted by Crippen LogP contribution is 2.32. The smallest absolute Gasteiger partial charge is 0.255 e. The zero-order chi connectivity index (χ0) is 16.1. The second-order valence-electron chi connectivity index (χ2n) is 5.02. The first-order valence-corrected chi connectivity index (χ1v) is 7.30. The van der Waals surface area contributed by atoms with Gasteiger partial charge in [-0.1, -0.05) is 0 Å². The maximum Gasteiger partial charge on any atom is 0.255 e. The topological polar surface area (TPSA) is 68.8 Å². The zero-order valence-corrected chi connectivity index (χ0v) is 12.8. The Morgan fingerprint density at radius 3 is 2.61 bits per heavy atom. The third-order valence-corrected chi connectivity index (χ3v) is 3.41. The Morgan fingerprint density at radius 1 is 1.09 bits per heavy atom. The zero-order valence-electron chi connectivity index (χ0n) is 12.8. The number of benzene rings is 2. The average Bonchev–Trinajstić information content (AvgIpc) is 3.04. The van der Waals surface area contributed by atoms with Crippen molar-refractivity contribution in [2.24, 2.45) is 0 Å². The van der Waals surface area contributed by atoms with Crippen molar-refractivity contribution in [2.75, 3.05) is 37.7 Å². The number of hydrogen-bond acceptors (Lipinski definition) is 5. The number of methoxy groups -OCH3 is 1. The van der Waals surface area contributed by atoms with E-state index in [4.69, 9.17) is 14.2 Å². The van der Waals surface area contributed by atoms with Crippen molar-refractivity contribution in [3.63, 3.8) is 0 Å². The number of nitrogens with one attached hydrogen (secondary N) is 2. The Labute approximate surface area is 134 Å². The van der Waals surface area contributed by atoms with Crippen molar-refractivity contribution in [2.45, 2.75) is 0 Å². The SMILES string of the molecule is COCCNc1ccc(NC(=O)c2ccc3c(c2)OCO3)cc1. The number of hydrogen-bond donors (Lipinski definition) is 2. The van der Waals surface area contributed by atoms with Crippen LogP contribution in [0.2, 0.25) is 0 Å². The molecule has 6 heteroatoms. The number of carbonyl (C=O) groups is 1. The number of rotatable bonds is 6. The summed E-state index contributed by atoms with van der Waals surface area (Å²) in [7, 11) is 1.66. The standard InChI is InChI=1S/C17H18N2O4/c1-21-9-8-18-13-3-5-14(6-4-13)19-17(20)12-2-7-15-16(10-12)23-11-22-15/h2-7,10,18H,8-9,11H2,1H3,(H,19,20). The molecule has 23 heavy (non-hydrogen) atoms. The highest BCUT2D eigenvalue weighted by molar-refractivity contribution is 6.04. The van der Waals surface area contributed by atoms with Gasteiger partial charge in [-0.25, -0.2) is 0 Å². The summed E-state index contributed by atoms with van der Waals surface area (Å²) in [5, 5.41) is 6.07. The molecule has 2 aromatic rings. The van der Waals surface area contributed by atoms with Gasteiger partial charge >= 0.3 is 0 Å². The Balaban J connectivity index is 1.61. The van der Waals surface area contributed by atoms with Gasteiger partial charge in [0.25, 0.3) is 5.91 Å². The van der Waals surface area contributed by atoms with E-state index in [2.05, 4.69) is 10.6 Å². The first-order chi connectivity index (χ1) is 11.3. The molecule has 1 aliphatic rings. The maximum atomic E-state index is 12.3. The second kappa shape index (κ2) is 7.02. The van der Waals surface area contributed by atoms with Crippen LogP contribution in [0.1, 0.15) is 10.4 Å². The molecule has 0 saturated carbocycles. The van der Waals surface area contributed by atoms with Gasteiger partial charge in [0, 0.05) is 30.6 Å². The van der Waals surface area contributed by atoms with Crippen LogP contribution in [0.3, 0.4) is 0 Å². The van der Waals surface area contributed by atoms with Crippen LogP contribution in [0.25, 0.3) is 0 Å². The molecule has 1 aliphatic heterocycles. The molecule has 3 rings (SSSR count). The van der Waals surface area contributed by atoms with Gasteiger partial charge in [-0.3, -0.25) is 4.79 Å². The van der Waals surface area contributed by atoms with Crippen LogP contribution in [0.15, 0.2) is 42.5 Å². The van der Waals surface area contributed by atoms with Gasteiger partial charge in [0.05, 0.1) is 6.61 Å². The first-order valence-electron chi connectivity index (χ1n) is 7.30. The van der Waals surface area contributed by atoms with E-state index in [9.17, 15) is 4.79 Å². The minimum absolute atomic E-state index is 0.191. The van der Waals surface area contributed by atoms with Gasteiger partial charge in [-0.05, 0) is 42.5 Å². The lowest BCUT2D eigenvalue weighted by atomic mass is 10.2. The fraction of sp³-hybridized carbons (Fsp3) is 0.235. The molecule has 0 aromatic heterocycles. The maximum absolute atomic E-state index is 12.3. The molecule has 0 aliphatic carbocycles. The van der Waals surface area contributed by atoms with Crippen molar-refractivity contribution in [1.82, 2.24) is 0 Å². The lowest BCUT2D eigenvalue weighted by molar-refractivity contribution is 0.102. The van der Waals surface area contributed by atoms with Gasteiger partial charge in [-0.15, -0.1) is 0 Å². The number of carbonyl (C=O) groups excluding carboxylic acids is 1. The molecule has 2 N–H and O–H groups in total. The molecule has 1 amide bonds. The van der Waals surface area contributed by atoms with Gasteiger partial charge in [0.1, 0.15) is 0 Å². The fourth-order valence-corrected chi connectivity index (χ4v) is 2.21. The molecule has 0 spiro atoms. The van der Waals surface area contributed by atoms with E-state index in [1.54, 1.807) is 25.3 Å². The van der Waals surface area contributed by atoms with Crippen molar-refractivity contribution >= 4 is 17.3 Å². The number of ether oxygens (including phenoxy) is 3. The van der Waals surface area contributed by atoms with E-state index in [0.29, 0.717) is 23.7 Å². The summed E-state index contributed by atoms with van der Waals surface area (Å²) in [5.41, 5.74) is 2.23. The minimum Gasteiger partial charge on any atom is -0.454 e. The van der Waals surface area contributed by atoms with E-state index in [0.717, 1.165) is 17.9 Å². The normalized spacial score (nSPS) is 12.0. The molecule has 0 bridgehead atoms. The summed E-state index contributed by atoms with van der Waals surface area (Å²) in [6, 6.07) is 12.6. The summed E-state index contributed by atoms with van der Waals surface area (Å²) in [6.07, 6.45) is 0. The van der Waals surface area contributed by atoms with E-state index in [-0.39, 0.29) is 12.7 Å². The van der Waals surface area contributed by atoms with Crippen molar-refractivity contribution in [1.29, 1.82) is 0 Å².